The highest BCUT2D eigenvalue weighted by molar-refractivity contribution is 7.98. The molecule has 0 saturated carbocycles. The maximum Gasteiger partial charge on any atom is 0.238 e. The van der Waals surface area contributed by atoms with E-state index in [9.17, 15) is 9.59 Å². The highest BCUT2D eigenvalue weighted by atomic mass is 32.2. The van der Waals surface area contributed by atoms with E-state index in [4.69, 9.17) is 5.26 Å². The van der Waals surface area contributed by atoms with Gasteiger partial charge in [0.1, 0.15) is 0 Å². The van der Waals surface area contributed by atoms with E-state index >= 15 is 0 Å². The van der Waals surface area contributed by atoms with Gasteiger partial charge in [-0.3, -0.25) is 14.5 Å². The highest BCUT2D eigenvalue weighted by Gasteiger charge is 2.12. The lowest BCUT2D eigenvalue weighted by Crippen LogP contribution is -2.36. The van der Waals surface area contributed by atoms with Gasteiger partial charge < -0.3 is 10.6 Å². The average Bonchev–Trinajstić information content (AvgIpc) is 2.61. The molecule has 0 aromatic heterocycles. The number of anilines is 2. The van der Waals surface area contributed by atoms with Crippen LogP contribution in [0.3, 0.4) is 0 Å². The molecule has 0 fully saturated rings. The minimum atomic E-state index is -0.250. The van der Waals surface area contributed by atoms with Crippen LogP contribution in [-0.4, -0.2) is 43.1 Å². The zero-order chi connectivity index (χ0) is 18.9. The predicted octanol–water partition coefficient (Wildman–Crippen LogP) is 2.79. The van der Waals surface area contributed by atoms with E-state index in [1.807, 2.05) is 36.6 Å². The molecule has 134 valence electrons. The van der Waals surface area contributed by atoms with Gasteiger partial charge in [0.05, 0.1) is 30.4 Å². The first-order valence-corrected chi connectivity index (χ1v) is 9.15. The number of likely N-dealkylation sites (N-methyl/N-ethyl adjacent to an activating group) is 1. The van der Waals surface area contributed by atoms with E-state index in [1.165, 1.54) is 0 Å². The van der Waals surface area contributed by atoms with Crippen LogP contribution >= 0.6 is 11.8 Å². The summed E-state index contributed by atoms with van der Waals surface area (Å²) in [7, 11) is 1.70. The van der Waals surface area contributed by atoms with Crippen LogP contribution in [0.5, 0.6) is 0 Å². The summed E-state index contributed by atoms with van der Waals surface area (Å²) < 4.78 is 0. The lowest BCUT2D eigenvalue weighted by Gasteiger charge is -2.17. The number of nitriles is 1. The Kier molecular flexibility index (Phi) is 7.21. The average molecular weight is 368 g/mol. The lowest BCUT2D eigenvalue weighted by molar-refractivity contribution is -0.119. The largest absolute Gasteiger partial charge is 0.325 e. The Hall–Kier alpha value is -2.82. The van der Waals surface area contributed by atoms with Crippen molar-refractivity contribution in [2.75, 3.05) is 37.0 Å². The summed E-state index contributed by atoms with van der Waals surface area (Å²) in [6, 6.07) is 16.3. The third kappa shape index (κ3) is 5.92. The molecule has 0 spiro atoms. The van der Waals surface area contributed by atoms with Crippen LogP contribution in [0.25, 0.3) is 0 Å². The van der Waals surface area contributed by atoms with Gasteiger partial charge in [-0.05, 0) is 43.6 Å². The zero-order valence-electron chi connectivity index (χ0n) is 14.7. The number of nitrogens with zero attached hydrogens (tertiary/aromatic N) is 2. The standard InChI is InChI=1S/C19H20N4O2S/c1-23(12-18(24)21-15-7-5-6-14(10-15)11-20)13-19(25)22-16-8-3-4-9-17(16)26-2/h3-10H,12-13H2,1-2H3,(H,21,24)(H,22,25). The van der Waals surface area contributed by atoms with Crippen molar-refractivity contribution in [1.29, 1.82) is 5.26 Å². The molecule has 2 aromatic carbocycles. The van der Waals surface area contributed by atoms with Crippen molar-refractivity contribution in [3.05, 3.63) is 54.1 Å². The Labute approximate surface area is 157 Å². The number of carbonyl (C=O) groups excluding carboxylic acids is 2. The number of hydrogen-bond acceptors (Lipinski definition) is 5. The van der Waals surface area contributed by atoms with E-state index in [-0.39, 0.29) is 24.9 Å². The topological polar surface area (TPSA) is 85.2 Å². The summed E-state index contributed by atoms with van der Waals surface area (Å²) in [4.78, 5) is 26.9. The van der Waals surface area contributed by atoms with E-state index in [1.54, 1.807) is 48.0 Å². The summed E-state index contributed by atoms with van der Waals surface area (Å²) in [6.45, 7) is 0.156. The molecule has 0 aliphatic heterocycles. The molecule has 2 amide bonds. The summed E-state index contributed by atoms with van der Waals surface area (Å²) in [5.41, 5.74) is 1.79. The van der Waals surface area contributed by atoms with Crippen molar-refractivity contribution in [2.45, 2.75) is 4.90 Å². The molecule has 0 unspecified atom stereocenters. The maximum atomic E-state index is 12.2. The number of nitrogens with one attached hydrogen (secondary N) is 2. The van der Waals surface area contributed by atoms with E-state index in [2.05, 4.69) is 10.6 Å². The fourth-order valence-corrected chi connectivity index (χ4v) is 2.90. The van der Waals surface area contributed by atoms with Crippen LogP contribution in [0, 0.1) is 11.3 Å². The number of benzene rings is 2. The van der Waals surface area contributed by atoms with Crippen LogP contribution in [0.2, 0.25) is 0 Å². The Morgan fingerprint density at radius 3 is 2.46 bits per heavy atom. The first-order valence-electron chi connectivity index (χ1n) is 7.93. The molecule has 7 heteroatoms. The van der Waals surface area contributed by atoms with E-state index in [0.717, 1.165) is 10.6 Å². The van der Waals surface area contributed by atoms with Gasteiger partial charge in [-0.2, -0.15) is 5.26 Å². The maximum absolute atomic E-state index is 12.2. The number of carbonyl (C=O) groups is 2. The molecule has 6 nitrogen and oxygen atoms in total. The molecular formula is C19H20N4O2S. The van der Waals surface area contributed by atoms with Crippen molar-refractivity contribution in [3.8, 4) is 6.07 Å². The van der Waals surface area contributed by atoms with Crippen molar-refractivity contribution in [3.63, 3.8) is 0 Å². The second-order valence-corrected chi connectivity index (χ2v) is 6.51. The van der Waals surface area contributed by atoms with Gasteiger partial charge >= 0.3 is 0 Å². The van der Waals surface area contributed by atoms with Crippen LogP contribution < -0.4 is 10.6 Å². The molecule has 2 aromatic rings. The number of amides is 2. The molecule has 0 radical (unpaired) electrons. The fraction of sp³-hybridized carbons (Fsp3) is 0.211. The van der Waals surface area contributed by atoms with Gasteiger partial charge in [0.25, 0.3) is 0 Å². The number of rotatable bonds is 7. The lowest BCUT2D eigenvalue weighted by atomic mass is 10.2. The molecule has 26 heavy (non-hydrogen) atoms. The Balaban J connectivity index is 1.85. The number of para-hydroxylation sites is 1. The molecule has 0 saturated heterocycles. The molecule has 0 atom stereocenters. The second kappa shape index (κ2) is 9.61. The smallest absolute Gasteiger partial charge is 0.238 e. The van der Waals surface area contributed by atoms with E-state index in [0.29, 0.717) is 11.3 Å². The summed E-state index contributed by atoms with van der Waals surface area (Å²) in [5, 5.41) is 14.5. The van der Waals surface area contributed by atoms with Crippen LogP contribution in [0.1, 0.15) is 5.56 Å². The quantitative estimate of drug-likeness (QED) is 0.734. The normalized spacial score (nSPS) is 10.2. The van der Waals surface area contributed by atoms with Crippen LogP contribution in [-0.2, 0) is 9.59 Å². The predicted molar refractivity (Wildman–Crippen MR) is 104 cm³/mol. The highest BCUT2D eigenvalue weighted by Crippen LogP contribution is 2.24. The number of hydrogen-bond donors (Lipinski definition) is 2. The third-order valence-electron chi connectivity index (χ3n) is 3.48. The van der Waals surface area contributed by atoms with Crippen molar-refractivity contribution in [1.82, 2.24) is 4.90 Å². The summed E-state index contributed by atoms with van der Waals surface area (Å²) in [5.74, 6) is -0.437. The van der Waals surface area contributed by atoms with Gasteiger partial charge in [-0.25, -0.2) is 0 Å². The molecule has 0 heterocycles. The van der Waals surface area contributed by atoms with Gasteiger partial charge in [0.15, 0.2) is 0 Å². The fourth-order valence-electron chi connectivity index (χ4n) is 2.35. The molecule has 2 N–H and O–H groups in total. The molecule has 2 rings (SSSR count). The van der Waals surface area contributed by atoms with Crippen molar-refractivity contribution >= 4 is 35.0 Å². The van der Waals surface area contributed by atoms with E-state index < -0.39 is 0 Å². The number of thioether (sulfide) groups is 1. The van der Waals surface area contributed by atoms with Crippen molar-refractivity contribution < 1.29 is 9.59 Å². The Bertz CT molecular complexity index is 832. The molecular weight excluding hydrogens is 348 g/mol. The van der Waals surface area contributed by atoms with Gasteiger partial charge in [-0.1, -0.05) is 18.2 Å². The summed E-state index contributed by atoms with van der Waals surface area (Å²) in [6.07, 6.45) is 1.95. The third-order valence-corrected chi connectivity index (χ3v) is 4.28. The molecule has 0 aliphatic carbocycles. The SMILES string of the molecule is CSc1ccccc1NC(=O)CN(C)CC(=O)Nc1cccc(C#N)c1. The zero-order valence-corrected chi connectivity index (χ0v) is 15.5. The first kappa shape index (κ1) is 19.5. The Morgan fingerprint density at radius 1 is 1.08 bits per heavy atom. The molecule has 0 aliphatic rings. The summed E-state index contributed by atoms with van der Waals surface area (Å²) >= 11 is 1.56. The second-order valence-electron chi connectivity index (χ2n) is 5.66. The van der Waals surface area contributed by atoms with Crippen LogP contribution in [0.15, 0.2) is 53.4 Å². The Morgan fingerprint density at radius 2 is 1.77 bits per heavy atom. The minimum Gasteiger partial charge on any atom is -0.325 e. The monoisotopic (exact) mass is 368 g/mol. The first-order chi connectivity index (χ1) is 12.5. The van der Waals surface area contributed by atoms with Crippen LogP contribution in [0.4, 0.5) is 11.4 Å². The van der Waals surface area contributed by atoms with Gasteiger partial charge in [-0.15, -0.1) is 11.8 Å². The minimum absolute atomic E-state index is 0.0639. The molecule has 0 bridgehead atoms. The van der Waals surface area contributed by atoms with Crippen molar-refractivity contribution in [2.24, 2.45) is 0 Å². The van der Waals surface area contributed by atoms with Gasteiger partial charge in [0.2, 0.25) is 11.8 Å². The van der Waals surface area contributed by atoms with Gasteiger partial charge in [0, 0.05) is 10.6 Å².